The molecule has 0 saturated carbocycles. The molecule has 0 bridgehead atoms. The number of amides is 1. The zero-order chi connectivity index (χ0) is 16.9. The van der Waals surface area contributed by atoms with Gasteiger partial charge in [0.1, 0.15) is 17.1 Å². The number of furan rings is 1. The largest absolute Gasteiger partial charge is 0.481 e. The predicted octanol–water partition coefficient (Wildman–Crippen LogP) is 3.95. The van der Waals surface area contributed by atoms with Gasteiger partial charge in [-0.3, -0.25) is 4.79 Å². The van der Waals surface area contributed by atoms with Crippen LogP contribution in [0.1, 0.15) is 19.6 Å². The van der Waals surface area contributed by atoms with Gasteiger partial charge in [-0.05, 0) is 38.1 Å². The van der Waals surface area contributed by atoms with E-state index in [-0.39, 0.29) is 11.9 Å². The summed E-state index contributed by atoms with van der Waals surface area (Å²) in [6.45, 7) is 3.70. The lowest BCUT2D eigenvalue weighted by Crippen LogP contribution is -2.42. The number of benzene rings is 2. The topological polar surface area (TPSA) is 51.5 Å². The SMILES string of the molecule is C[C@H](Cc1cc2ccccc2o1)NC(=O)[C@@H](C)Oc1ccccc1. The number of para-hydroxylation sites is 2. The van der Waals surface area contributed by atoms with Crippen molar-refractivity contribution in [3.63, 3.8) is 0 Å². The zero-order valence-corrected chi connectivity index (χ0v) is 13.9. The van der Waals surface area contributed by atoms with E-state index in [9.17, 15) is 4.79 Å². The summed E-state index contributed by atoms with van der Waals surface area (Å²) in [7, 11) is 0. The second-order valence-corrected chi connectivity index (χ2v) is 5.94. The van der Waals surface area contributed by atoms with E-state index < -0.39 is 6.10 Å². The maximum absolute atomic E-state index is 12.3. The van der Waals surface area contributed by atoms with Crippen molar-refractivity contribution in [3.05, 3.63) is 66.4 Å². The van der Waals surface area contributed by atoms with Crippen LogP contribution in [0.4, 0.5) is 0 Å². The fraction of sp³-hybridized carbons (Fsp3) is 0.250. The van der Waals surface area contributed by atoms with E-state index in [1.807, 2.05) is 67.6 Å². The van der Waals surface area contributed by atoms with E-state index >= 15 is 0 Å². The molecular weight excluding hydrogens is 302 g/mol. The molecule has 1 amide bonds. The summed E-state index contributed by atoms with van der Waals surface area (Å²) in [5, 5.41) is 4.04. The van der Waals surface area contributed by atoms with Crippen molar-refractivity contribution in [2.75, 3.05) is 0 Å². The molecule has 2 aromatic carbocycles. The highest BCUT2D eigenvalue weighted by molar-refractivity contribution is 5.81. The average molecular weight is 323 g/mol. The van der Waals surface area contributed by atoms with Crippen LogP contribution in [-0.4, -0.2) is 18.1 Å². The van der Waals surface area contributed by atoms with Gasteiger partial charge in [-0.25, -0.2) is 0 Å². The monoisotopic (exact) mass is 323 g/mol. The van der Waals surface area contributed by atoms with Crippen LogP contribution in [-0.2, 0) is 11.2 Å². The summed E-state index contributed by atoms with van der Waals surface area (Å²) in [6, 6.07) is 19.2. The molecule has 1 N–H and O–H groups in total. The summed E-state index contributed by atoms with van der Waals surface area (Å²) in [5.74, 6) is 1.41. The van der Waals surface area contributed by atoms with Crippen molar-refractivity contribution in [2.24, 2.45) is 0 Å². The van der Waals surface area contributed by atoms with E-state index in [0.717, 1.165) is 16.7 Å². The molecular formula is C20H21NO3. The van der Waals surface area contributed by atoms with Crippen molar-refractivity contribution < 1.29 is 13.9 Å². The molecule has 0 saturated heterocycles. The first-order valence-electron chi connectivity index (χ1n) is 8.11. The minimum Gasteiger partial charge on any atom is -0.481 e. The van der Waals surface area contributed by atoms with Crippen LogP contribution in [0.5, 0.6) is 5.75 Å². The third-order valence-corrected chi connectivity index (χ3v) is 3.80. The number of carbonyl (C=O) groups excluding carboxylic acids is 1. The highest BCUT2D eigenvalue weighted by Gasteiger charge is 2.18. The van der Waals surface area contributed by atoms with Gasteiger partial charge in [0.25, 0.3) is 5.91 Å². The van der Waals surface area contributed by atoms with Gasteiger partial charge in [-0.2, -0.15) is 0 Å². The summed E-state index contributed by atoms with van der Waals surface area (Å²) >= 11 is 0. The maximum Gasteiger partial charge on any atom is 0.260 e. The van der Waals surface area contributed by atoms with Crippen LogP contribution in [0.3, 0.4) is 0 Å². The van der Waals surface area contributed by atoms with E-state index in [1.54, 1.807) is 6.92 Å². The number of hydrogen-bond donors (Lipinski definition) is 1. The van der Waals surface area contributed by atoms with Crippen LogP contribution < -0.4 is 10.1 Å². The summed E-state index contributed by atoms with van der Waals surface area (Å²) in [5.41, 5.74) is 0.867. The van der Waals surface area contributed by atoms with Gasteiger partial charge in [0, 0.05) is 17.8 Å². The van der Waals surface area contributed by atoms with Crippen LogP contribution >= 0.6 is 0 Å². The molecule has 0 fully saturated rings. The molecule has 0 unspecified atom stereocenters. The Labute approximate surface area is 141 Å². The van der Waals surface area contributed by atoms with Crippen LogP contribution in [0.2, 0.25) is 0 Å². The first-order chi connectivity index (χ1) is 11.6. The number of carbonyl (C=O) groups is 1. The van der Waals surface area contributed by atoms with Gasteiger partial charge >= 0.3 is 0 Å². The average Bonchev–Trinajstić information content (AvgIpc) is 2.97. The Balaban J connectivity index is 1.55. The van der Waals surface area contributed by atoms with Gasteiger partial charge in [-0.15, -0.1) is 0 Å². The Hall–Kier alpha value is -2.75. The number of fused-ring (bicyclic) bond motifs is 1. The lowest BCUT2D eigenvalue weighted by molar-refractivity contribution is -0.127. The second-order valence-electron chi connectivity index (χ2n) is 5.94. The molecule has 2 atom stereocenters. The number of nitrogens with one attached hydrogen (secondary N) is 1. The summed E-state index contributed by atoms with van der Waals surface area (Å²) in [4.78, 5) is 12.3. The second kappa shape index (κ2) is 7.21. The molecule has 4 nitrogen and oxygen atoms in total. The molecule has 3 aromatic rings. The van der Waals surface area contributed by atoms with Crippen molar-refractivity contribution in [2.45, 2.75) is 32.4 Å². The number of ether oxygens (including phenoxy) is 1. The lowest BCUT2D eigenvalue weighted by Gasteiger charge is -2.18. The zero-order valence-electron chi connectivity index (χ0n) is 13.9. The predicted molar refractivity (Wildman–Crippen MR) is 94.1 cm³/mol. The number of rotatable bonds is 6. The third-order valence-electron chi connectivity index (χ3n) is 3.80. The molecule has 0 aliphatic carbocycles. The summed E-state index contributed by atoms with van der Waals surface area (Å²) in [6.07, 6.45) is 0.0869. The Kier molecular flexibility index (Phi) is 4.85. The van der Waals surface area contributed by atoms with E-state index in [1.165, 1.54) is 0 Å². The molecule has 0 radical (unpaired) electrons. The van der Waals surface area contributed by atoms with Crippen molar-refractivity contribution >= 4 is 16.9 Å². The fourth-order valence-corrected chi connectivity index (χ4v) is 2.61. The van der Waals surface area contributed by atoms with Crippen molar-refractivity contribution in [1.82, 2.24) is 5.32 Å². The quantitative estimate of drug-likeness (QED) is 0.747. The standard InChI is InChI=1S/C20H21NO3/c1-14(12-18-13-16-8-6-7-11-19(16)24-18)21-20(22)15(2)23-17-9-4-3-5-10-17/h3-11,13-15H,12H2,1-2H3,(H,21,22)/t14-,15-/m1/s1. The van der Waals surface area contributed by atoms with E-state index in [2.05, 4.69) is 5.32 Å². The molecule has 124 valence electrons. The smallest absolute Gasteiger partial charge is 0.260 e. The highest BCUT2D eigenvalue weighted by atomic mass is 16.5. The van der Waals surface area contributed by atoms with Crippen molar-refractivity contribution in [3.8, 4) is 5.75 Å². The molecule has 1 aromatic heterocycles. The van der Waals surface area contributed by atoms with Gasteiger partial charge < -0.3 is 14.5 Å². The molecule has 0 aliphatic rings. The first-order valence-corrected chi connectivity index (χ1v) is 8.11. The van der Waals surface area contributed by atoms with Gasteiger partial charge in [0.15, 0.2) is 6.10 Å². The van der Waals surface area contributed by atoms with E-state index in [4.69, 9.17) is 9.15 Å². The molecule has 3 rings (SSSR count). The molecule has 24 heavy (non-hydrogen) atoms. The minimum atomic E-state index is -0.550. The molecule has 4 heteroatoms. The van der Waals surface area contributed by atoms with Gasteiger partial charge in [0.2, 0.25) is 0 Å². The van der Waals surface area contributed by atoms with Crippen molar-refractivity contribution in [1.29, 1.82) is 0 Å². The van der Waals surface area contributed by atoms with E-state index in [0.29, 0.717) is 12.2 Å². The van der Waals surface area contributed by atoms with Gasteiger partial charge in [0.05, 0.1) is 0 Å². The summed E-state index contributed by atoms with van der Waals surface area (Å²) < 4.78 is 11.4. The Morgan fingerprint density at radius 2 is 1.79 bits per heavy atom. The molecule has 0 spiro atoms. The molecule has 0 aliphatic heterocycles. The fourth-order valence-electron chi connectivity index (χ4n) is 2.61. The lowest BCUT2D eigenvalue weighted by atomic mass is 10.1. The Bertz CT molecular complexity index is 777. The van der Waals surface area contributed by atoms with Crippen LogP contribution in [0, 0.1) is 0 Å². The maximum atomic E-state index is 12.3. The van der Waals surface area contributed by atoms with Crippen LogP contribution in [0.15, 0.2) is 65.1 Å². The number of hydrogen-bond acceptors (Lipinski definition) is 3. The first kappa shape index (κ1) is 16.1. The Morgan fingerprint density at radius 1 is 1.08 bits per heavy atom. The normalized spacial score (nSPS) is 13.4. The minimum absolute atomic E-state index is 0.0418. The van der Waals surface area contributed by atoms with Crippen LogP contribution in [0.25, 0.3) is 11.0 Å². The Morgan fingerprint density at radius 3 is 2.54 bits per heavy atom. The third kappa shape index (κ3) is 3.96. The molecule has 1 heterocycles. The highest BCUT2D eigenvalue weighted by Crippen LogP contribution is 2.19. The van der Waals surface area contributed by atoms with Gasteiger partial charge in [-0.1, -0.05) is 36.4 Å².